The second-order valence-corrected chi connectivity index (χ2v) is 7.97. The van der Waals surface area contributed by atoms with Crippen LogP contribution >= 0.6 is 0 Å². The zero-order chi connectivity index (χ0) is 20.2. The molecule has 1 amide bonds. The van der Waals surface area contributed by atoms with E-state index >= 15 is 0 Å². The van der Waals surface area contributed by atoms with E-state index in [0.29, 0.717) is 12.5 Å². The number of carbonyl (C=O) groups excluding carboxylic acids is 1. The quantitative estimate of drug-likeness (QED) is 0.667. The van der Waals surface area contributed by atoms with Crippen molar-refractivity contribution in [2.75, 3.05) is 7.11 Å². The van der Waals surface area contributed by atoms with E-state index in [-0.39, 0.29) is 11.8 Å². The highest BCUT2D eigenvalue weighted by Crippen LogP contribution is 2.35. The highest BCUT2D eigenvalue weighted by atomic mass is 16.5. The Morgan fingerprint density at radius 3 is 2.79 bits per heavy atom. The highest BCUT2D eigenvalue weighted by molar-refractivity contribution is 5.78. The van der Waals surface area contributed by atoms with Crippen molar-refractivity contribution in [1.82, 2.24) is 14.7 Å². The van der Waals surface area contributed by atoms with E-state index in [9.17, 15) is 4.79 Å². The maximum Gasteiger partial charge on any atom is 0.221 e. The minimum Gasteiger partial charge on any atom is -0.496 e. The number of rotatable bonds is 6. The van der Waals surface area contributed by atoms with Crippen LogP contribution in [0.3, 0.4) is 0 Å². The molecule has 1 aliphatic rings. The molecule has 1 aromatic carbocycles. The summed E-state index contributed by atoms with van der Waals surface area (Å²) < 4.78 is 7.73. The van der Waals surface area contributed by atoms with Gasteiger partial charge in [0, 0.05) is 36.3 Å². The summed E-state index contributed by atoms with van der Waals surface area (Å²) in [5, 5.41) is 3.27. The van der Waals surface area contributed by atoms with Crippen LogP contribution in [0.2, 0.25) is 0 Å². The number of hydrogen-bond donors (Lipinski definition) is 1. The topological polar surface area (TPSA) is 55.6 Å². The van der Waals surface area contributed by atoms with Gasteiger partial charge in [0.15, 0.2) is 0 Å². The number of aromatic nitrogens is 2. The summed E-state index contributed by atoms with van der Waals surface area (Å²) in [6.45, 7) is 2.06. The molecule has 2 heterocycles. The Labute approximate surface area is 172 Å². The summed E-state index contributed by atoms with van der Waals surface area (Å²) >= 11 is 0. The Kier molecular flexibility index (Phi) is 5.84. The Balaban J connectivity index is 1.69. The van der Waals surface area contributed by atoms with Crippen LogP contribution < -0.4 is 10.1 Å². The third-order valence-corrected chi connectivity index (χ3v) is 5.99. The van der Waals surface area contributed by atoms with Crippen molar-refractivity contribution in [3.8, 4) is 5.75 Å². The van der Waals surface area contributed by atoms with Gasteiger partial charge >= 0.3 is 0 Å². The summed E-state index contributed by atoms with van der Waals surface area (Å²) in [4.78, 5) is 17.6. The minimum absolute atomic E-state index is 0.0930. The van der Waals surface area contributed by atoms with Crippen LogP contribution in [0, 0.1) is 6.92 Å². The second-order valence-electron chi connectivity index (χ2n) is 7.97. The zero-order valence-corrected chi connectivity index (χ0v) is 17.2. The monoisotopic (exact) mass is 391 g/mol. The molecule has 1 unspecified atom stereocenters. The van der Waals surface area contributed by atoms with E-state index in [1.165, 1.54) is 19.3 Å². The van der Waals surface area contributed by atoms with Gasteiger partial charge in [0.1, 0.15) is 11.4 Å². The van der Waals surface area contributed by atoms with Gasteiger partial charge in [-0.15, -0.1) is 0 Å². The van der Waals surface area contributed by atoms with E-state index < -0.39 is 0 Å². The van der Waals surface area contributed by atoms with Crippen molar-refractivity contribution in [3.05, 3.63) is 65.6 Å². The summed E-state index contributed by atoms with van der Waals surface area (Å²) in [6, 6.07) is 12.3. The van der Waals surface area contributed by atoms with Crippen molar-refractivity contribution in [2.24, 2.45) is 0 Å². The predicted molar refractivity (Wildman–Crippen MR) is 114 cm³/mol. The summed E-state index contributed by atoms with van der Waals surface area (Å²) in [6.07, 6.45) is 10.1. The fourth-order valence-electron chi connectivity index (χ4n) is 4.48. The van der Waals surface area contributed by atoms with Gasteiger partial charge < -0.3 is 14.5 Å². The number of methoxy groups -OCH3 is 1. The third-order valence-electron chi connectivity index (χ3n) is 5.99. The fourth-order valence-corrected chi connectivity index (χ4v) is 4.48. The van der Waals surface area contributed by atoms with E-state index in [1.54, 1.807) is 7.11 Å². The molecule has 0 saturated heterocycles. The lowest BCUT2D eigenvalue weighted by Crippen LogP contribution is -2.37. The molecule has 0 bridgehead atoms. The van der Waals surface area contributed by atoms with Crippen molar-refractivity contribution in [1.29, 1.82) is 0 Å². The number of nitrogens with one attached hydrogen (secondary N) is 1. The first kappa shape index (κ1) is 19.5. The molecule has 3 aromatic rings. The Hall–Kier alpha value is -2.82. The molecule has 4 rings (SSSR count). The second kappa shape index (κ2) is 8.68. The van der Waals surface area contributed by atoms with Gasteiger partial charge in [-0.25, -0.2) is 4.98 Å². The molecular formula is C24H29N3O2. The first-order chi connectivity index (χ1) is 14.2. The van der Waals surface area contributed by atoms with E-state index in [0.717, 1.165) is 41.1 Å². The van der Waals surface area contributed by atoms with E-state index in [2.05, 4.69) is 27.7 Å². The normalized spacial score (nSPS) is 15.9. The smallest absolute Gasteiger partial charge is 0.221 e. The molecule has 0 aliphatic heterocycles. The van der Waals surface area contributed by atoms with Crippen LogP contribution in [0.4, 0.5) is 0 Å². The molecule has 1 fully saturated rings. The Morgan fingerprint density at radius 2 is 2.00 bits per heavy atom. The molecule has 2 aromatic heterocycles. The van der Waals surface area contributed by atoms with Crippen molar-refractivity contribution in [3.63, 3.8) is 0 Å². The van der Waals surface area contributed by atoms with Gasteiger partial charge in [0.2, 0.25) is 5.91 Å². The average Bonchev–Trinajstić information content (AvgIpc) is 3.18. The number of para-hydroxylation sites is 1. The number of hydrogen-bond acceptors (Lipinski definition) is 3. The van der Waals surface area contributed by atoms with Crippen molar-refractivity contribution in [2.45, 2.75) is 57.4 Å². The minimum atomic E-state index is -0.133. The standard InChI is InChI=1S/C24H29N3O2/c1-17-9-8-14-27-21(16-25-24(17)27)20(19-12-6-7-13-22(19)29-2)15-23(28)26-18-10-4-3-5-11-18/h6-9,12-14,16,18,20H,3-5,10-11,15H2,1-2H3,(H,26,28). The van der Waals surface area contributed by atoms with Gasteiger partial charge in [-0.05, 0) is 37.5 Å². The van der Waals surface area contributed by atoms with Crippen molar-refractivity contribution >= 4 is 11.6 Å². The Bertz CT molecular complexity index is 989. The zero-order valence-electron chi connectivity index (χ0n) is 17.2. The molecular weight excluding hydrogens is 362 g/mol. The molecule has 5 heteroatoms. The van der Waals surface area contributed by atoms with Crippen LogP contribution in [-0.2, 0) is 4.79 Å². The highest BCUT2D eigenvalue weighted by Gasteiger charge is 2.26. The molecule has 1 atom stereocenters. The molecule has 1 aliphatic carbocycles. The van der Waals surface area contributed by atoms with E-state index in [1.807, 2.05) is 42.7 Å². The van der Waals surface area contributed by atoms with Crippen LogP contribution in [-0.4, -0.2) is 28.4 Å². The molecule has 0 spiro atoms. The summed E-state index contributed by atoms with van der Waals surface area (Å²) in [5.74, 6) is 0.757. The lowest BCUT2D eigenvalue weighted by molar-refractivity contribution is -0.122. The number of pyridine rings is 1. The molecule has 29 heavy (non-hydrogen) atoms. The molecule has 152 valence electrons. The number of carbonyl (C=O) groups is 1. The van der Waals surface area contributed by atoms with E-state index in [4.69, 9.17) is 4.74 Å². The molecule has 5 nitrogen and oxygen atoms in total. The molecule has 1 N–H and O–H groups in total. The first-order valence-electron chi connectivity index (χ1n) is 10.5. The lowest BCUT2D eigenvalue weighted by atomic mass is 9.90. The SMILES string of the molecule is COc1ccccc1C(CC(=O)NC1CCCCC1)c1cnc2c(C)cccn12. The third kappa shape index (κ3) is 4.14. The van der Waals surface area contributed by atoms with Gasteiger partial charge in [-0.2, -0.15) is 0 Å². The maximum absolute atomic E-state index is 13.0. The Morgan fingerprint density at radius 1 is 1.21 bits per heavy atom. The van der Waals surface area contributed by atoms with Crippen LogP contribution in [0.25, 0.3) is 5.65 Å². The lowest BCUT2D eigenvalue weighted by Gasteiger charge is -2.25. The number of amides is 1. The predicted octanol–water partition coefficient (Wildman–Crippen LogP) is 4.62. The van der Waals surface area contributed by atoms with Crippen LogP contribution in [0.5, 0.6) is 5.75 Å². The average molecular weight is 392 g/mol. The number of imidazole rings is 1. The number of ether oxygens (including phenoxy) is 1. The van der Waals surface area contributed by atoms with Gasteiger partial charge in [0.05, 0.1) is 12.8 Å². The molecule has 1 saturated carbocycles. The summed E-state index contributed by atoms with van der Waals surface area (Å²) in [5.41, 5.74) is 4.06. The number of benzene rings is 1. The maximum atomic E-state index is 13.0. The number of fused-ring (bicyclic) bond motifs is 1. The van der Waals surface area contributed by atoms with Crippen LogP contribution in [0.15, 0.2) is 48.8 Å². The van der Waals surface area contributed by atoms with Gasteiger partial charge in [0.25, 0.3) is 0 Å². The van der Waals surface area contributed by atoms with Gasteiger partial charge in [-0.1, -0.05) is 43.5 Å². The van der Waals surface area contributed by atoms with Crippen molar-refractivity contribution < 1.29 is 9.53 Å². The fraction of sp³-hybridized carbons (Fsp3) is 0.417. The van der Waals surface area contributed by atoms with Gasteiger partial charge in [-0.3, -0.25) is 4.79 Å². The van der Waals surface area contributed by atoms with Crippen LogP contribution in [0.1, 0.15) is 61.3 Å². The number of aryl methyl sites for hydroxylation is 1. The molecule has 0 radical (unpaired) electrons. The largest absolute Gasteiger partial charge is 0.496 e. The summed E-state index contributed by atoms with van der Waals surface area (Å²) in [7, 11) is 1.68. The first-order valence-corrected chi connectivity index (χ1v) is 10.5. The number of nitrogens with zero attached hydrogens (tertiary/aromatic N) is 2.